The highest BCUT2D eigenvalue weighted by atomic mass is 16.4. The number of rotatable bonds is 9. The van der Waals surface area contributed by atoms with E-state index in [2.05, 4.69) is 0 Å². The molecule has 0 heterocycles. The highest BCUT2D eigenvalue weighted by molar-refractivity contribution is 5.73. The Morgan fingerprint density at radius 1 is 0.708 bits per heavy atom. The molecule has 0 fully saturated rings. The van der Waals surface area contributed by atoms with Gasteiger partial charge in [0.15, 0.2) is 18.7 Å². The van der Waals surface area contributed by atoms with Gasteiger partial charge >= 0.3 is 5.97 Å². The molecule has 9 N–H and O–H groups in total. The van der Waals surface area contributed by atoms with Crippen LogP contribution < -0.4 is 0 Å². The van der Waals surface area contributed by atoms with Crippen LogP contribution in [-0.4, -0.2) is 113 Å². The fraction of sp³-hybridized carbons (Fsp3) is 0.750. The van der Waals surface area contributed by atoms with E-state index < -0.39 is 54.8 Å². The molecule has 0 radical (unpaired) electrons. The number of aliphatic carboxylic acids is 1. The van der Waals surface area contributed by atoms with E-state index in [-0.39, 0.29) is 12.6 Å². The van der Waals surface area contributed by atoms with Crippen molar-refractivity contribution >= 4 is 18.5 Å². The summed E-state index contributed by atoms with van der Waals surface area (Å²) >= 11 is 0. The molecule has 0 rings (SSSR count). The first kappa shape index (κ1) is 24.7. The van der Waals surface area contributed by atoms with Crippen LogP contribution in [0, 0.1) is 0 Å². The molecule has 12 nitrogen and oxygen atoms in total. The lowest BCUT2D eigenvalue weighted by atomic mass is 10.0. The summed E-state index contributed by atoms with van der Waals surface area (Å²) in [5.74, 6) is -1.76. The van der Waals surface area contributed by atoms with Gasteiger partial charge in [-0.1, -0.05) is 0 Å². The molecule has 0 saturated heterocycles. The molecule has 8 atom stereocenters. The molecule has 24 heavy (non-hydrogen) atoms. The zero-order valence-corrected chi connectivity index (χ0v) is 12.5. The van der Waals surface area contributed by atoms with Crippen molar-refractivity contribution < 1.29 is 60.3 Å². The number of aliphatic hydroxyl groups is 8. The first-order valence-electron chi connectivity index (χ1n) is 6.50. The summed E-state index contributed by atoms with van der Waals surface area (Å²) in [7, 11) is 0. The lowest BCUT2D eigenvalue weighted by Gasteiger charge is -2.21. The summed E-state index contributed by atoms with van der Waals surface area (Å²) in [5.41, 5.74) is 0. The zero-order valence-electron chi connectivity index (χ0n) is 12.5. The SMILES string of the molecule is CC(O)C(O)C(O)C(O)C=O.O=CC(O)C(O)C(O)C(O)C(=O)O. The Labute approximate surface area is 135 Å². The Bertz CT molecular complexity index is 386. The lowest BCUT2D eigenvalue weighted by Crippen LogP contribution is -2.48. The number of carbonyl (C=O) groups is 3. The predicted molar refractivity (Wildman–Crippen MR) is 73.5 cm³/mol. The van der Waals surface area contributed by atoms with Crippen molar-refractivity contribution in [2.75, 3.05) is 0 Å². The molecular formula is C12H22O12. The van der Waals surface area contributed by atoms with Gasteiger partial charge in [-0.05, 0) is 6.92 Å². The smallest absolute Gasteiger partial charge is 0.335 e. The van der Waals surface area contributed by atoms with Crippen molar-refractivity contribution in [1.82, 2.24) is 0 Å². The van der Waals surface area contributed by atoms with E-state index in [1.807, 2.05) is 0 Å². The highest BCUT2D eigenvalue weighted by Gasteiger charge is 2.34. The summed E-state index contributed by atoms with van der Waals surface area (Å²) in [6.07, 6.45) is -14.3. The predicted octanol–water partition coefficient (Wildman–Crippen LogP) is -5.64. The third kappa shape index (κ3) is 8.37. The molecule has 0 saturated carbocycles. The van der Waals surface area contributed by atoms with Crippen LogP contribution in [0.25, 0.3) is 0 Å². The third-order valence-electron chi connectivity index (χ3n) is 2.75. The number of carboxylic acids is 1. The molecule has 0 bridgehead atoms. The number of hydrogen-bond acceptors (Lipinski definition) is 11. The van der Waals surface area contributed by atoms with Crippen molar-refractivity contribution in [3.63, 3.8) is 0 Å². The number of aldehydes is 2. The maximum Gasteiger partial charge on any atom is 0.335 e. The number of carbonyl (C=O) groups excluding carboxylic acids is 2. The maximum atomic E-state index is 10.1. The monoisotopic (exact) mass is 358 g/mol. The summed E-state index contributed by atoms with van der Waals surface area (Å²) in [4.78, 5) is 29.8. The van der Waals surface area contributed by atoms with Crippen LogP contribution in [0.5, 0.6) is 0 Å². The Morgan fingerprint density at radius 3 is 1.29 bits per heavy atom. The standard InChI is InChI=1S/C6H10O7.C6H12O5/c7-1-2(8)3(9)4(10)5(11)6(12)13;1-3(8)5(10)6(11)4(9)2-7/h1-5,8-11H,(H,12,13);2-6,8-11H,1H3. The molecule has 0 spiro atoms. The normalized spacial score (nSPS) is 20.9. The third-order valence-corrected chi connectivity index (χ3v) is 2.75. The van der Waals surface area contributed by atoms with Crippen molar-refractivity contribution in [3.8, 4) is 0 Å². The molecule has 0 amide bonds. The summed E-state index contributed by atoms with van der Waals surface area (Å²) in [6, 6.07) is 0. The van der Waals surface area contributed by atoms with Crippen molar-refractivity contribution in [2.45, 2.75) is 55.8 Å². The van der Waals surface area contributed by atoms with E-state index in [9.17, 15) is 14.4 Å². The van der Waals surface area contributed by atoms with E-state index >= 15 is 0 Å². The molecule has 0 aliphatic carbocycles. The van der Waals surface area contributed by atoms with E-state index in [0.717, 1.165) is 0 Å². The van der Waals surface area contributed by atoms with Crippen molar-refractivity contribution in [2.24, 2.45) is 0 Å². The van der Waals surface area contributed by atoms with E-state index in [1.54, 1.807) is 0 Å². The molecule has 12 heteroatoms. The average Bonchev–Trinajstić information content (AvgIpc) is 2.56. The van der Waals surface area contributed by atoms with Gasteiger partial charge in [0.25, 0.3) is 0 Å². The van der Waals surface area contributed by atoms with Gasteiger partial charge in [-0.2, -0.15) is 0 Å². The van der Waals surface area contributed by atoms with Crippen LogP contribution in [0.3, 0.4) is 0 Å². The van der Waals surface area contributed by atoms with Crippen molar-refractivity contribution in [1.29, 1.82) is 0 Å². The Hall–Kier alpha value is -1.51. The Morgan fingerprint density at radius 2 is 1.04 bits per heavy atom. The van der Waals surface area contributed by atoms with E-state index in [1.165, 1.54) is 6.92 Å². The van der Waals surface area contributed by atoms with Gasteiger partial charge in [-0.15, -0.1) is 0 Å². The highest BCUT2D eigenvalue weighted by Crippen LogP contribution is 2.04. The van der Waals surface area contributed by atoms with E-state index in [4.69, 9.17) is 46.0 Å². The minimum atomic E-state index is -2.25. The molecule has 0 aliphatic heterocycles. The Kier molecular flexibility index (Phi) is 12.3. The summed E-state index contributed by atoms with van der Waals surface area (Å²) in [6.45, 7) is 1.24. The second kappa shape index (κ2) is 11.9. The van der Waals surface area contributed by atoms with Gasteiger partial charge in [0.1, 0.15) is 36.6 Å². The lowest BCUT2D eigenvalue weighted by molar-refractivity contribution is -0.163. The number of carboxylic acid groups (broad SMARTS) is 1. The van der Waals surface area contributed by atoms with Crippen molar-refractivity contribution in [3.05, 3.63) is 0 Å². The fourth-order valence-electron chi connectivity index (χ4n) is 1.18. The minimum Gasteiger partial charge on any atom is -0.479 e. The molecule has 0 aromatic heterocycles. The number of aliphatic hydroxyl groups excluding tert-OH is 8. The molecule has 142 valence electrons. The van der Waals surface area contributed by atoms with Gasteiger partial charge < -0.3 is 55.5 Å². The quantitative estimate of drug-likeness (QED) is 0.175. The number of hydrogen-bond donors (Lipinski definition) is 9. The summed E-state index contributed by atoms with van der Waals surface area (Å²) < 4.78 is 0. The Balaban J connectivity index is 0. The minimum absolute atomic E-state index is 0.0809. The zero-order chi connectivity index (χ0) is 19.6. The second-order valence-electron chi connectivity index (χ2n) is 4.74. The van der Waals surface area contributed by atoms with Crippen LogP contribution in [0.1, 0.15) is 6.92 Å². The van der Waals surface area contributed by atoms with Crippen LogP contribution >= 0.6 is 0 Å². The van der Waals surface area contributed by atoms with Crippen LogP contribution in [0.15, 0.2) is 0 Å². The topological polar surface area (TPSA) is 233 Å². The maximum absolute atomic E-state index is 10.1. The average molecular weight is 358 g/mol. The molecule has 0 aliphatic rings. The molecule has 0 aromatic carbocycles. The van der Waals surface area contributed by atoms with Gasteiger partial charge in [-0.25, -0.2) is 4.79 Å². The largest absolute Gasteiger partial charge is 0.479 e. The van der Waals surface area contributed by atoms with E-state index in [0.29, 0.717) is 0 Å². The molecular weight excluding hydrogens is 336 g/mol. The summed E-state index contributed by atoms with van der Waals surface area (Å²) in [5, 5.41) is 78.3. The first-order valence-corrected chi connectivity index (χ1v) is 6.50. The molecule has 8 unspecified atom stereocenters. The van der Waals surface area contributed by atoms with Crippen LogP contribution in [0.4, 0.5) is 0 Å². The van der Waals surface area contributed by atoms with Gasteiger partial charge in [-0.3, -0.25) is 0 Å². The van der Waals surface area contributed by atoms with Crippen LogP contribution in [-0.2, 0) is 14.4 Å². The fourth-order valence-corrected chi connectivity index (χ4v) is 1.18. The first-order chi connectivity index (χ1) is 10.9. The van der Waals surface area contributed by atoms with Gasteiger partial charge in [0.05, 0.1) is 6.10 Å². The van der Waals surface area contributed by atoms with Crippen LogP contribution in [0.2, 0.25) is 0 Å². The van der Waals surface area contributed by atoms with Gasteiger partial charge in [0.2, 0.25) is 0 Å². The molecule has 0 aromatic rings. The second-order valence-corrected chi connectivity index (χ2v) is 4.74. The van der Waals surface area contributed by atoms with Gasteiger partial charge in [0, 0.05) is 0 Å².